The van der Waals surface area contributed by atoms with Gasteiger partial charge in [0.15, 0.2) is 5.82 Å². The molecule has 0 saturated carbocycles. The van der Waals surface area contributed by atoms with Crippen LogP contribution in [-0.4, -0.2) is 24.9 Å². The van der Waals surface area contributed by atoms with Crippen LogP contribution < -0.4 is 0 Å². The Labute approximate surface area is 116 Å². The van der Waals surface area contributed by atoms with Crippen molar-refractivity contribution >= 4 is 10.9 Å². The number of aliphatic hydroxyl groups excluding tert-OH is 1. The van der Waals surface area contributed by atoms with Gasteiger partial charge in [-0.1, -0.05) is 18.2 Å². The molecule has 0 bridgehead atoms. The van der Waals surface area contributed by atoms with E-state index in [1.54, 1.807) is 12.4 Å². The smallest absolute Gasteiger partial charge is 0.157 e. The summed E-state index contributed by atoms with van der Waals surface area (Å²) < 4.78 is 1.83. The third-order valence-corrected chi connectivity index (χ3v) is 3.32. The lowest BCUT2D eigenvalue weighted by molar-refractivity contribution is 0.167. The lowest BCUT2D eigenvalue weighted by atomic mass is 10.1. The molecular weight excluding hydrogens is 252 g/mol. The Morgan fingerprint density at radius 3 is 2.65 bits per heavy atom. The van der Waals surface area contributed by atoms with Crippen LogP contribution in [0, 0.1) is 6.92 Å². The first-order valence-corrected chi connectivity index (χ1v) is 6.52. The van der Waals surface area contributed by atoms with Crippen molar-refractivity contribution in [3.05, 3.63) is 53.7 Å². The molecule has 0 spiro atoms. The van der Waals surface area contributed by atoms with Gasteiger partial charge in [-0.2, -0.15) is 5.10 Å². The fourth-order valence-corrected chi connectivity index (χ4v) is 2.29. The van der Waals surface area contributed by atoms with Crippen molar-refractivity contribution in [1.29, 1.82) is 0 Å². The normalized spacial score (nSPS) is 12.8. The summed E-state index contributed by atoms with van der Waals surface area (Å²) in [6, 6.07) is 7.98. The van der Waals surface area contributed by atoms with Gasteiger partial charge in [-0.15, -0.1) is 0 Å². The highest BCUT2D eigenvalue weighted by Gasteiger charge is 2.16. The Kier molecular flexibility index (Phi) is 3.20. The summed E-state index contributed by atoms with van der Waals surface area (Å²) >= 11 is 0. The largest absolute Gasteiger partial charge is 0.385 e. The number of rotatable bonds is 3. The maximum atomic E-state index is 10.3. The molecule has 5 heteroatoms. The summed E-state index contributed by atoms with van der Waals surface area (Å²) in [7, 11) is 1.90. The van der Waals surface area contributed by atoms with Gasteiger partial charge in [0.25, 0.3) is 0 Å². The number of aryl methyl sites for hydroxylation is 2. The first-order chi connectivity index (χ1) is 9.65. The average molecular weight is 268 g/mol. The zero-order valence-corrected chi connectivity index (χ0v) is 11.5. The van der Waals surface area contributed by atoms with E-state index >= 15 is 0 Å². The molecule has 5 nitrogen and oxygen atoms in total. The van der Waals surface area contributed by atoms with Gasteiger partial charge in [0.1, 0.15) is 6.10 Å². The quantitative estimate of drug-likeness (QED) is 0.788. The molecule has 0 amide bonds. The highest BCUT2D eigenvalue weighted by molar-refractivity contribution is 5.81. The van der Waals surface area contributed by atoms with Crippen LogP contribution >= 0.6 is 0 Å². The molecule has 0 aliphatic carbocycles. The lowest BCUT2D eigenvalue weighted by Crippen LogP contribution is -2.07. The van der Waals surface area contributed by atoms with Crippen LogP contribution in [-0.2, 0) is 13.5 Å². The number of benzene rings is 1. The number of para-hydroxylation sites is 1. The first-order valence-electron chi connectivity index (χ1n) is 6.52. The molecule has 0 radical (unpaired) electrons. The molecule has 1 N–H and O–H groups in total. The van der Waals surface area contributed by atoms with E-state index in [0.29, 0.717) is 12.2 Å². The molecule has 20 heavy (non-hydrogen) atoms. The third kappa shape index (κ3) is 2.28. The van der Waals surface area contributed by atoms with E-state index in [0.717, 1.165) is 22.2 Å². The fourth-order valence-electron chi connectivity index (χ4n) is 2.29. The second-order valence-electron chi connectivity index (χ2n) is 4.93. The summed E-state index contributed by atoms with van der Waals surface area (Å²) in [5, 5.41) is 15.8. The molecule has 0 aliphatic rings. The Hall–Kier alpha value is -2.27. The van der Waals surface area contributed by atoms with E-state index in [2.05, 4.69) is 15.1 Å². The van der Waals surface area contributed by atoms with E-state index in [9.17, 15) is 5.11 Å². The minimum Gasteiger partial charge on any atom is -0.385 e. The first kappa shape index (κ1) is 12.7. The minimum absolute atomic E-state index is 0.407. The predicted molar refractivity (Wildman–Crippen MR) is 76.1 cm³/mol. The Morgan fingerprint density at radius 2 is 1.90 bits per heavy atom. The highest BCUT2D eigenvalue weighted by Crippen LogP contribution is 2.22. The molecule has 1 unspecified atom stereocenters. The van der Waals surface area contributed by atoms with Crippen molar-refractivity contribution in [2.45, 2.75) is 19.4 Å². The van der Waals surface area contributed by atoms with Crippen LogP contribution in [0.4, 0.5) is 0 Å². The van der Waals surface area contributed by atoms with Crippen molar-refractivity contribution in [1.82, 2.24) is 19.7 Å². The number of aliphatic hydroxyl groups is 1. The molecule has 3 aromatic rings. The highest BCUT2D eigenvalue weighted by atomic mass is 16.3. The van der Waals surface area contributed by atoms with E-state index in [4.69, 9.17) is 0 Å². The second-order valence-corrected chi connectivity index (χ2v) is 4.93. The molecule has 0 fully saturated rings. The number of hydrogen-bond donors (Lipinski definition) is 1. The summed E-state index contributed by atoms with van der Waals surface area (Å²) in [6.45, 7) is 1.92. The van der Waals surface area contributed by atoms with E-state index < -0.39 is 6.10 Å². The standard InChI is InChI=1S/C15H16N4O/c1-10-8-16-15(17-9-10)14(20)7-12-11-5-3-4-6-13(11)19(2)18-12/h3-6,8-9,14,20H,7H2,1-2H3. The second kappa shape index (κ2) is 5.02. The number of nitrogens with zero attached hydrogens (tertiary/aromatic N) is 4. The van der Waals surface area contributed by atoms with Gasteiger partial charge in [-0.05, 0) is 18.6 Å². The topological polar surface area (TPSA) is 63.8 Å². The molecule has 0 saturated heterocycles. The Morgan fingerprint density at radius 1 is 1.20 bits per heavy atom. The van der Waals surface area contributed by atoms with Gasteiger partial charge >= 0.3 is 0 Å². The van der Waals surface area contributed by atoms with Crippen LogP contribution in [0.5, 0.6) is 0 Å². The summed E-state index contributed by atoms with van der Waals surface area (Å²) in [6.07, 6.45) is 3.09. The number of aromatic nitrogens is 4. The van der Waals surface area contributed by atoms with Crippen molar-refractivity contribution < 1.29 is 5.11 Å². The zero-order chi connectivity index (χ0) is 14.1. The van der Waals surface area contributed by atoms with Crippen LogP contribution in [0.2, 0.25) is 0 Å². The van der Waals surface area contributed by atoms with E-state index in [1.165, 1.54) is 0 Å². The van der Waals surface area contributed by atoms with E-state index in [1.807, 2.05) is 42.9 Å². The number of fused-ring (bicyclic) bond motifs is 1. The SMILES string of the molecule is Cc1cnc(C(O)Cc2nn(C)c3ccccc23)nc1. The van der Waals surface area contributed by atoms with Crippen LogP contribution in [0.1, 0.15) is 23.2 Å². The van der Waals surface area contributed by atoms with Crippen LogP contribution in [0.3, 0.4) is 0 Å². The van der Waals surface area contributed by atoms with Crippen molar-refractivity contribution in [3.8, 4) is 0 Å². The van der Waals surface area contributed by atoms with Gasteiger partial charge in [0.2, 0.25) is 0 Å². The maximum Gasteiger partial charge on any atom is 0.157 e. The third-order valence-electron chi connectivity index (χ3n) is 3.32. The van der Waals surface area contributed by atoms with Crippen molar-refractivity contribution in [2.24, 2.45) is 7.05 Å². The molecule has 3 rings (SSSR count). The fraction of sp³-hybridized carbons (Fsp3) is 0.267. The number of hydrogen-bond acceptors (Lipinski definition) is 4. The van der Waals surface area contributed by atoms with E-state index in [-0.39, 0.29) is 0 Å². The summed E-state index contributed by atoms with van der Waals surface area (Å²) in [5.41, 5.74) is 2.89. The minimum atomic E-state index is -0.742. The van der Waals surface area contributed by atoms with Gasteiger partial charge in [-0.3, -0.25) is 4.68 Å². The van der Waals surface area contributed by atoms with Crippen molar-refractivity contribution in [2.75, 3.05) is 0 Å². The monoisotopic (exact) mass is 268 g/mol. The van der Waals surface area contributed by atoms with Crippen LogP contribution in [0.25, 0.3) is 10.9 Å². The molecule has 102 valence electrons. The summed E-state index contributed by atoms with van der Waals surface area (Å²) in [4.78, 5) is 8.33. The average Bonchev–Trinajstić information content (AvgIpc) is 2.77. The molecule has 1 aromatic carbocycles. The molecular formula is C15H16N4O. The Balaban J connectivity index is 1.91. The zero-order valence-electron chi connectivity index (χ0n) is 11.5. The van der Waals surface area contributed by atoms with Crippen LogP contribution in [0.15, 0.2) is 36.7 Å². The van der Waals surface area contributed by atoms with Gasteiger partial charge < -0.3 is 5.11 Å². The van der Waals surface area contributed by atoms with Gasteiger partial charge in [0, 0.05) is 31.2 Å². The predicted octanol–water partition coefficient (Wildman–Crippen LogP) is 1.95. The molecule has 2 aromatic heterocycles. The molecule has 0 aliphatic heterocycles. The van der Waals surface area contributed by atoms with Crippen molar-refractivity contribution in [3.63, 3.8) is 0 Å². The summed E-state index contributed by atoms with van der Waals surface area (Å²) in [5.74, 6) is 0.435. The molecule has 1 atom stereocenters. The molecule has 2 heterocycles. The maximum absolute atomic E-state index is 10.3. The Bertz CT molecular complexity index is 733. The van der Waals surface area contributed by atoms with Gasteiger partial charge in [0.05, 0.1) is 11.2 Å². The van der Waals surface area contributed by atoms with Gasteiger partial charge in [-0.25, -0.2) is 9.97 Å². The lowest BCUT2D eigenvalue weighted by Gasteiger charge is -2.07.